The van der Waals surface area contributed by atoms with Crippen molar-refractivity contribution in [3.63, 3.8) is 0 Å². The van der Waals surface area contributed by atoms with Crippen LogP contribution in [0.1, 0.15) is 26.7 Å². The summed E-state index contributed by atoms with van der Waals surface area (Å²) in [6.07, 6.45) is 3.03. The van der Waals surface area contributed by atoms with Gasteiger partial charge in [-0.2, -0.15) is 24.4 Å². The largest absolute Gasteiger partial charge is 0.480 e. The molecule has 0 radical (unpaired) electrons. The van der Waals surface area contributed by atoms with Crippen LogP contribution in [0.4, 0.5) is 0 Å². The molecule has 0 aromatic rings. The van der Waals surface area contributed by atoms with Gasteiger partial charge in [0.25, 0.3) is 0 Å². The van der Waals surface area contributed by atoms with E-state index >= 15 is 0 Å². The van der Waals surface area contributed by atoms with Crippen LogP contribution in [-0.2, 0) is 19.2 Å². The molecule has 27 heavy (non-hydrogen) atoms. The van der Waals surface area contributed by atoms with Crippen molar-refractivity contribution in [2.24, 2.45) is 11.7 Å². The van der Waals surface area contributed by atoms with Crippen LogP contribution in [0.3, 0.4) is 0 Å². The summed E-state index contributed by atoms with van der Waals surface area (Å²) in [5, 5.41) is 16.2. The Bertz CT molecular complexity index is 521. The SMILES string of the molecule is CCC(C)C(NC(=O)C(N)CCSC)C(=O)NCC(=O)NC(CS)C(=O)O. The van der Waals surface area contributed by atoms with E-state index in [1.807, 2.05) is 13.2 Å². The maximum Gasteiger partial charge on any atom is 0.327 e. The zero-order valence-corrected chi connectivity index (χ0v) is 17.6. The molecule has 0 fully saturated rings. The van der Waals surface area contributed by atoms with Crippen LogP contribution >= 0.6 is 24.4 Å². The minimum Gasteiger partial charge on any atom is -0.480 e. The molecule has 0 aliphatic carbocycles. The van der Waals surface area contributed by atoms with Gasteiger partial charge >= 0.3 is 5.97 Å². The van der Waals surface area contributed by atoms with E-state index in [2.05, 4.69) is 28.6 Å². The molecule has 0 heterocycles. The fourth-order valence-corrected chi connectivity index (χ4v) is 2.78. The third-order valence-electron chi connectivity index (χ3n) is 4.00. The predicted octanol–water partition coefficient (Wildman–Crippen LogP) is -0.787. The number of hydrogen-bond donors (Lipinski definition) is 6. The number of thiol groups is 1. The molecule has 11 heteroatoms. The second-order valence-corrected chi connectivity index (χ2v) is 7.47. The number of nitrogens with one attached hydrogen (secondary N) is 3. The molecule has 0 bridgehead atoms. The third-order valence-corrected chi connectivity index (χ3v) is 5.01. The Kier molecular flexibility index (Phi) is 12.9. The minimum atomic E-state index is -1.21. The van der Waals surface area contributed by atoms with Crippen molar-refractivity contribution in [1.82, 2.24) is 16.0 Å². The molecule has 156 valence electrons. The molecule has 4 atom stereocenters. The Morgan fingerprint density at radius 2 is 1.81 bits per heavy atom. The first kappa shape index (κ1) is 25.5. The number of carboxylic acid groups (broad SMARTS) is 1. The van der Waals surface area contributed by atoms with Crippen molar-refractivity contribution in [2.45, 2.75) is 44.8 Å². The number of rotatable bonds is 13. The van der Waals surface area contributed by atoms with Crippen LogP contribution < -0.4 is 21.7 Å². The van der Waals surface area contributed by atoms with Crippen LogP contribution in [-0.4, -0.2) is 71.2 Å². The van der Waals surface area contributed by atoms with E-state index in [4.69, 9.17) is 10.8 Å². The summed E-state index contributed by atoms with van der Waals surface area (Å²) >= 11 is 5.42. The van der Waals surface area contributed by atoms with Gasteiger partial charge in [-0.25, -0.2) is 4.79 Å². The number of aliphatic carboxylic acids is 1. The van der Waals surface area contributed by atoms with Crippen molar-refractivity contribution < 1.29 is 24.3 Å². The second kappa shape index (κ2) is 13.7. The topological polar surface area (TPSA) is 151 Å². The van der Waals surface area contributed by atoms with Crippen LogP contribution in [0.2, 0.25) is 0 Å². The average molecular weight is 423 g/mol. The fraction of sp³-hybridized carbons (Fsp3) is 0.750. The Labute approximate surface area is 169 Å². The molecule has 0 saturated heterocycles. The normalized spacial score (nSPS) is 15.1. The van der Waals surface area contributed by atoms with Gasteiger partial charge in [0.2, 0.25) is 17.7 Å². The van der Waals surface area contributed by atoms with Crippen LogP contribution in [0.15, 0.2) is 0 Å². The molecule has 9 nitrogen and oxygen atoms in total. The number of carbonyl (C=O) groups is 4. The van der Waals surface area contributed by atoms with Gasteiger partial charge in [0.05, 0.1) is 12.6 Å². The Hall–Kier alpha value is -1.46. The Morgan fingerprint density at radius 3 is 2.30 bits per heavy atom. The Balaban J connectivity index is 4.77. The number of amides is 3. The quantitative estimate of drug-likeness (QED) is 0.213. The van der Waals surface area contributed by atoms with E-state index in [1.54, 1.807) is 18.7 Å². The molecule has 3 amide bonds. The molecular weight excluding hydrogens is 392 g/mol. The van der Waals surface area contributed by atoms with E-state index < -0.39 is 48.4 Å². The number of carbonyl (C=O) groups excluding carboxylic acids is 3. The zero-order chi connectivity index (χ0) is 21.0. The van der Waals surface area contributed by atoms with Crippen LogP contribution in [0.5, 0.6) is 0 Å². The number of thioether (sulfide) groups is 1. The zero-order valence-electron chi connectivity index (χ0n) is 15.9. The van der Waals surface area contributed by atoms with E-state index in [0.29, 0.717) is 12.8 Å². The molecule has 6 N–H and O–H groups in total. The lowest BCUT2D eigenvalue weighted by atomic mass is 9.97. The summed E-state index contributed by atoms with van der Waals surface area (Å²) in [6.45, 7) is 3.28. The maximum atomic E-state index is 12.4. The van der Waals surface area contributed by atoms with Gasteiger partial charge in [-0.3, -0.25) is 14.4 Å². The highest BCUT2D eigenvalue weighted by Gasteiger charge is 2.28. The number of nitrogens with two attached hydrogens (primary N) is 1. The lowest BCUT2D eigenvalue weighted by Gasteiger charge is -2.25. The summed E-state index contributed by atoms with van der Waals surface area (Å²) in [4.78, 5) is 47.3. The highest BCUT2D eigenvalue weighted by Crippen LogP contribution is 2.09. The fourth-order valence-electron chi connectivity index (χ4n) is 2.05. The second-order valence-electron chi connectivity index (χ2n) is 6.12. The molecule has 0 rings (SSSR count). The van der Waals surface area contributed by atoms with Crippen molar-refractivity contribution in [3.05, 3.63) is 0 Å². The predicted molar refractivity (Wildman–Crippen MR) is 109 cm³/mol. The summed E-state index contributed by atoms with van der Waals surface area (Å²) in [5.41, 5.74) is 5.83. The number of carboxylic acids is 1. The van der Waals surface area contributed by atoms with Crippen molar-refractivity contribution in [2.75, 3.05) is 24.3 Å². The smallest absolute Gasteiger partial charge is 0.327 e. The molecule has 0 aliphatic rings. The van der Waals surface area contributed by atoms with Gasteiger partial charge in [0, 0.05) is 5.75 Å². The van der Waals surface area contributed by atoms with Crippen LogP contribution in [0, 0.1) is 5.92 Å². The van der Waals surface area contributed by atoms with E-state index in [-0.39, 0.29) is 11.7 Å². The van der Waals surface area contributed by atoms with Gasteiger partial charge in [-0.15, -0.1) is 0 Å². The highest BCUT2D eigenvalue weighted by atomic mass is 32.2. The van der Waals surface area contributed by atoms with Gasteiger partial charge < -0.3 is 26.8 Å². The molecular formula is C16H30N4O5S2. The minimum absolute atomic E-state index is 0.0749. The lowest BCUT2D eigenvalue weighted by Crippen LogP contribution is -2.55. The average Bonchev–Trinajstić information content (AvgIpc) is 2.65. The van der Waals surface area contributed by atoms with Gasteiger partial charge in [0.1, 0.15) is 12.1 Å². The van der Waals surface area contributed by atoms with Crippen molar-refractivity contribution in [1.29, 1.82) is 0 Å². The van der Waals surface area contributed by atoms with Gasteiger partial charge in [-0.05, 0) is 24.3 Å². The molecule has 0 aromatic heterocycles. The maximum absolute atomic E-state index is 12.4. The van der Waals surface area contributed by atoms with Gasteiger partial charge in [0.15, 0.2) is 0 Å². The van der Waals surface area contributed by atoms with Gasteiger partial charge in [-0.1, -0.05) is 20.3 Å². The molecule has 4 unspecified atom stereocenters. The van der Waals surface area contributed by atoms with Crippen LogP contribution in [0.25, 0.3) is 0 Å². The summed E-state index contributed by atoms with van der Waals surface area (Å²) in [5.74, 6) is -2.34. The van der Waals surface area contributed by atoms with E-state index in [9.17, 15) is 19.2 Å². The molecule has 0 aromatic carbocycles. The van der Waals surface area contributed by atoms with E-state index in [0.717, 1.165) is 5.75 Å². The summed E-state index contributed by atoms with van der Waals surface area (Å²) in [6, 6.07) is -2.69. The monoisotopic (exact) mass is 422 g/mol. The first-order valence-electron chi connectivity index (χ1n) is 8.63. The van der Waals surface area contributed by atoms with E-state index in [1.165, 1.54) is 0 Å². The first-order valence-corrected chi connectivity index (χ1v) is 10.7. The standard InChI is InChI=1S/C16H30N4O5S2/c1-4-9(2)13(20-14(22)10(17)5-6-27-3)15(23)18-7-12(21)19-11(8-26)16(24)25/h9-11,13,26H,4-8,17H2,1-3H3,(H,18,23)(H,19,21)(H,20,22)(H,24,25). The first-order chi connectivity index (χ1) is 12.7. The Morgan fingerprint density at radius 1 is 1.19 bits per heavy atom. The molecule has 0 aliphatic heterocycles. The summed E-state index contributed by atoms with van der Waals surface area (Å²) < 4.78 is 0. The highest BCUT2D eigenvalue weighted by molar-refractivity contribution is 7.98. The third kappa shape index (κ3) is 9.87. The molecule has 0 saturated carbocycles. The number of hydrogen-bond acceptors (Lipinski definition) is 7. The summed E-state index contributed by atoms with van der Waals surface area (Å²) in [7, 11) is 0. The van der Waals surface area contributed by atoms with Crippen molar-refractivity contribution in [3.8, 4) is 0 Å². The molecule has 0 spiro atoms. The lowest BCUT2D eigenvalue weighted by molar-refractivity contribution is -0.141. The van der Waals surface area contributed by atoms with Crippen molar-refractivity contribution >= 4 is 48.1 Å².